The lowest BCUT2D eigenvalue weighted by molar-refractivity contribution is -0.131. The molecule has 9 heavy (non-hydrogen) atoms. The van der Waals surface area contributed by atoms with Crippen LogP contribution in [0.15, 0.2) is 0 Å². The van der Waals surface area contributed by atoms with Gasteiger partial charge in [0, 0.05) is 0 Å². The molecular weight excluding hydrogens is 118 g/mol. The van der Waals surface area contributed by atoms with E-state index >= 15 is 0 Å². The van der Waals surface area contributed by atoms with Crippen LogP contribution in [0.4, 0.5) is 0 Å². The highest BCUT2D eigenvalue weighted by molar-refractivity contribution is 5.98. The zero-order chi connectivity index (χ0) is 7.49. The minimum atomic E-state index is -0.894. The summed E-state index contributed by atoms with van der Waals surface area (Å²) in [5.41, 5.74) is 4.13. The van der Waals surface area contributed by atoms with E-state index in [0.717, 1.165) is 0 Å². The Balaban J connectivity index is 4.14. The van der Waals surface area contributed by atoms with Crippen molar-refractivity contribution in [2.45, 2.75) is 13.8 Å². The van der Waals surface area contributed by atoms with E-state index in [9.17, 15) is 9.59 Å². The molecule has 2 N–H and O–H groups in total. The number of ketones is 1. The smallest absolute Gasteiger partial charge is 0.159 e. The highest BCUT2D eigenvalue weighted by Gasteiger charge is 2.24. The third kappa shape index (κ3) is 1.93. The van der Waals surface area contributed by atoms with Gasteiger partial charge in [-0.1, -0.05) is 0 Å². The van der Waals surface area contributed by atoms with Crippen LogP contribution in [-0.2, 0) is 9.59 Å². The minimum absolute atomic E-state index is 0.0638. The Morgan fingerprint density at radius 2 is 2.11 bits per heavy atom. The molecule has 0 aliphatic rings. The normalized spacial score (nSPS) is 11.0. The van der Waals surface area contributed by atoms with Crippen molar-refractivity contribution in [2.24, 2.45) is 11.1 Å². The first kappa shape index (κ1) is 8.30. The first-order valence-electron chi connectivity index (χ1n) is 2.74. The lowest BCUT2D eigenvalue weighted by Crippen LogP contribution is -2.31. The maximum Gasteiger partial charge on any atom is 0.159 e. The molecule has 0 saturated carbocycles. The molecule has 0 atom stereocenters. The van der Waals surface area contributed by atoms with E-state index in [1.54, 1.807) is 13.8 Å². The average Bonchev–Trinajstić information content (AvgIpc) is 1.86. The second kappa shape index (κ2) is 2.73. The van der Waals surface area contributed by atoms with Gasteiger partial charge >= 0.3 is 0 Å². The van der Waals surface area contributed by atoms with Crippen molar-refractivity contribution in [3.63, 3.8) is 0 Å². The summed E-state index contributed by atoms with van der Waals surface area (Å²) in [5.74, 6) is -0.225. The fourth-order valence-corrected chi connectivity index (χ4v) is 0.329. The molecule has 0 amide bonds. The predicted octanol–water partition coefficient (Wildman–Crippen LogP) is -0.261. The van der Waals surface area contributed by atoms with Crippen molar-refractivity contribution in [3.05, 3.63) is 0 Å². The number of hydrogen-bond acceptors (Lipinski definition) is 3. The van der Waals surface area contributed by atoms with Gasteiger partial charge in [-0.3, -0.25) is 4.79 Å². The highest BCUT2D eigenvalue weighted by atomic mass is 16.1. The molecule has 52 valence electrons. The average molecular weight is 129 g/mol. The number of rotatable bonds is 3. The fourth-order valence-electron chi connectivity index (χ4n) is 0.329. The first-order chi connectivity index (χ1) is 4.04. The SMILES string of the molecule is CC(C)(C=O)C(=O)CN. The van der Waals surface area contributed by atoms with Crippen LogP contribution >= 0.6 is 0 Å². The van der Waals surface area contributed by atoms with E-state index in [2.05, 4.69) is 0 Å². The Kier molecular flexibility index (Phi) is 2.52. The van der Waals surface area contributed by atoms with E-state index in [-0.39, 0.29) is 12.3 Å². The number of nitrogens with two attached hydrogens (primary N) is 1. The Morgan fingerprint density at radius 1 is 1.67 bits per heavy atom. The summed E-state index contributed by atoms with van der Waals surface area (Å²) in [6.45, 7) is 3.04. The molecule has 0 aromatic rings. The molecule has 3 heteroatoms. The summed E-state index contributed by atoms with van der Waals surface area (Å²) in [7, 11) is 0. The molecule has 0 spiro atoms. The predicted molar refractivity (Wildman–Crippen MR) is 33.9 cm³/mol. The van der Waals surface area contributed by atoms with Crippen LogP contribution in [0.3, 0.4) is 0 Å². The molecule has 0 saturated heterocycles. The van der Waals surface area contributed by atoms with Crippen LogP contribution in [-0.4, -0.2) is 18.6 Å². The van der Waals surface area contributed by atoms with Gasteiger partial charge in [-0.15, -0.1) is 0 Å². The molecule has 0 aliphatic carbocycles. The van der Waals surface area contributed by atoms with Crippen molar-refractivity contribution >= 4 is 12.1 Å². The zero-order valence-corrected chi connectivity index (χ0v) is 5.68. The van der Waals surface area contributed by atoms with Gasteiger partial charge in [-0.05, 0) is 13.8 Å². The molecule has 0 aromatic carbocycles. The first-order valence-corrected chi connectivity index (χ1v) is 2.74. The van der Waals surface area contributed by atoms with Gasteiger partial charge in [-0.2, -0.15) is 0 Å². The van der Waals surface area contributed by atoms with Crippen LogP contribution in [0.25, 0.3) is 0 Å². The Hall–Kier alpha value is -0.700. The standard InChI is InChI=1S/C6H11NO2/c1-6(2,4-8)5(9)3-7/h4H,3,7H2,1-2H3. The van der Waals surface area contributed by atoms with E-state index in [1.807, 2.05) is 0 Å². The second-order valence-electron chi connectivity index (χ2n) is 2.47. The number of aldehydes is 1. The number of carbonyl (C=O) groups is 2. The Labute approximate surface area is 54.2 Å². The van der Waals surface area contributed by atoms with Gasteiger partial charge in [0.25, 0.3) is 0 Å². The molecule has 0 rings (SSSR count). The summed E-state index contributed by atoms with van der Waals surface area (Å²) in [6, 6.07) is 0. The third-order valence-electron chi connectivity index (χ3n) is 1.20. The molecular formula is C6H11NO2. The summed E-state index contributed by atoms with van der Waals surface area (Å²) in [4.78, 5) is 20.9. The topological polar surface area (TPSA) is 60.2 Å². The molecule has 0 unspecified atom stereocenters. The minimum Gasteiger partial charge on any atom is -0.324 e. The van der Waals surface area contributed by atoms with Crippen molar-refractivity contribution in [2.75, 3.05) is 6.54 Å². The molecule has 3 nitrogen and oxygen atoms in total. The highest BCUT2D eigenvalue weighted by Crippen LogP contribution is 2.10. The molecule has 0 fully saturated rings. The monoisotopic (exact) mass is 129 g/mol. The number of Topliss-reactive ketones (excluding diaryl/α,β-unsaturated/α-hetero) is 1. The van der Waals surface area contributed by atoms with Crippen LogP contribution in [0.2, 0.25) is 0 Å². The zero-order valence-electron chi connectivity index (χ0n) is 5.68. The van der Waals surface area contributed by atoms with Gasteiger partial charge in [-0.25, -0.2) is 0 Å². The van der Waals surface area contributed by atoms with Gasteiger partial charge in [0.15, 0.2) is 5.78 Å². The van der Waals surface area contributed by atoms with E-state index < -0.39 is 5.41 Å². The lowest BCUT2D eigenvalue weighted by Gasteiger charge is -2.12. The summed E-state index contributed by atoms with van der Waals surface area (Å²) < 4.78 is 0. The largest absolute Gasteiger partial charge is 0.324 e. The van der Waals surface area contributed by atoms with Gasteiger partial charge in [0.05, 0.1) is 12.0 Å². The maximum atomic E-state index is 10.7. The molecule has 0 aliphatic heterocycles. The summed E-state index contributed by atoms with van der Waals surface area (Å²) >= 11 is 0. The van der Waals surface area contributed by atoms with Crippen molar-refractivity contribution < 1.29 is 9.59 Å². The van der Waals surface area contributed by atoms with Crippen molar-refractivity contribution in [1.29, 1.82) is 0 Å². The van der Waals surface area contributed by atoms with Crippen LogP contribution in [0, 0.1) is 5.41 Å². The number of carbonyl (C=O) groups excluding carboxylic acids is 2. The second-order valence-corrected chi connectivity index (χ2v) is 2.47. The van der Waals surface area contributed by atoms with Crippen molar-refractivity contribution in [1.82, 2.24) is 0 Å². The Bertz CT molecular complexity index is 129. The molecule has 0 aromatic heterocycles. The van der Waals surface area contributed by atoms with Crippen LogP contribution < -0.4 is 5.73 Å². The maximum absolute atomic E-state index is 10.7. The van der Waals surface area contributed by atoms with Gasteiger partial charge in [0.2, 0.25) is 0 Å². The fraction of sp³-hybridized carbons (Fsp3) is 0.667. The lowest BCUT2D eigenvalue weighted by atomic mass is 9.90. The van der Waals surface area contributed by atoms with Crippen molar-refractivity contribution in [3.8, 4) is 0 Å². The summed E-state index contributed by atoms with van der Waals surface area (Å²) in [6.07, 6.45) is 0.613. The third-order valence-corrected chi connectivity index (χ3v) is 1.20. The Morgan fingerprint density at radius 3 is 2.22 bits per heavy atom. The molecule has 0 radical (unpaired) electrons. The van der Waals surface area contributed by atoms with Gasteiger partial charge < -0.3 is 10.5 Å². The quantitative estimate of drug-likeness (QED) is 0.422. The van der Waals surface area contributed by atoms with E-state index in [1.165, 1.54) is 0 Å². The van der Waals surface area contributed by atoms with Gasteiger partial charge in [0.1, 0.15) is 6.29 Å². The number of hydrogen-bond donors (Lipinski definition) is 1. The molecule has 0 bridgehead atoms. The molecule has 0 heterocycles. The van der Waals surface area contributed by atoms with E-state index in [0.29, 0.717) is 6.29 Å². The van der Waals surface area contributed by atoms with E-state index in [4.69, 9.17) is 5.73 Å². The van der Waals surface area contributed by atoms with Crippen LogP contribution in [0.5, 0.6) is 0 Å². The summed E-state index contributed by atoms with van der Waals surface area (Å²) in [5, 5.41) is 0. The van der Waals surface area contributed by atoms with Crippen LogP contribution in [0.1, 0.15) is 13.8 Å².